The van der Waals surface area contributed by atoms with Crippen LogP contribution in [0, 0.1) is 5.41 Å². The van der Waals surface area contributed by atoms with E-state index in [4.69, 9.17) is 0 Å². The van der Waals surface area contributed by atoms with Crippen LogP contribution in [0.1, 0.15) is 77.6 Å². The van der Waals surface area contributed by atoms with E-state index in [-0.39, 0.29) is 17.9 Å². The van der Waals surface area contributed by atoms with Crippen molar-refractivity contribution >= 4 is 5.91 Å². The van der Waals surface area contributed by atoms with Crippen molar-refractivity contribution in [2.45, 2.75) is 77.6 Å². The van der Waals surface area contributed by atoms with Crippen molar-refractivity contribution < 1.29 is 9.90 Å². The van der Waals surface area contributed by atoms with E-state index in [1.165, 1.54) is 44.9 Å². The van der Waals surface area contributed by atoms with E-state index in [0.29, 0.717) is 6.42 Å². The van der Waals surface area contributed by atoms with Crippen LogP contribution in [0.2, 0.25) is 0 Å². The zero-order valence-corrected chi connectivity index (χ0v) is 13.5. The Balaban J connectivity index is 2.18. The van der Waals surface area contributed by atoms with Gasteiger partial charge in [-0.25, -0.2) is 0 Å². The molecule has 0 aromatic rings. The molecule has 118 valence electrons. The van der Waals surface area contributed by atoms with E-state index in [9.17, 15) is 9.90 Å². The lowest BCUT2D eigenvalue weighted by atomic mass is 9.86. The second-order valence-corrected chi connectivity index (χ2v) is 6.63. The van der Waals surface area contributed by atoms with E-state index < -0.39 is 0 Å². The second-order valence-electron chi connectivity index (χ2n) is 6.63. The molecule has 0 aromatic heterocycles. The fraction of sp³-hybridized carbons (Fsp3) is 0.941. The number of aliphatic hydroxyl groups excluding tert-OH is 1. The number of amides is 1. The summed E-state index contributed by atoms with van der Waals surface area (Å²) < 4.78 is 0. The lowest BCUT2D eigenvalue weighted by molar-refractivity contribution is -0.131. The molecule has 3 heteroatoms. The monoisotopic (exact) mass is 283 g/mol. The van der Waals surface area contributed by atoms with Crippen molar-refractivity contribution in [2.24, 2.45) is 5.41 Å². The average molecular weight is 283 g/mol. The van der Waals surface area contributed by atoms with Crippen molar-refractivity contribution in [1.82, 2.24) is 4.90 Å². The molecule has 1 saturated carbocycles. The molecule has 0 heterocycles. The summed E-state index contributed by atoms with van der Waals surface area (Å²) in [5.74, 6) is 0.250. The average Bonchev–Trinajstić information content (AvgIpc) is 2.91. The number of carbonyl (C=O) groups excluding carboxylic acids is 1. The molecule has 1 N–H and O–H groups in total. The Morgan fingerprint density at radius 1 is 1.10 bits per heavy atom. The van der Waals surface area contributed by atoms with Gasteiger partial charge in [0.2, 0.25) is 5.91 Å². The van der Waals surface area contributed by atoms with Crippen LogP contribution >= 0.6 is 0 Å². The van der Waals surface area contributed by atoms with Gasteiger partial charge >= 0.3 is 0 Å². The first-order valence-corrected chi connectivity index (χ1v) is 8.48. The molecule has 0 bridgehead atoms. The number of carbonyl (C=O) groups is 1. The summed E-state index contributed by atoms with van der Waals surface area (Å²) in [5.41, 5.74) is -0.00840. The van der Waals surface area contributed by atoms with Gasteiger partial charge in [0.15, 0.2) is 0 Å². The Bertz CT molecular complexity index is 272. The highest BCUT2D eigenvalue weighted by Crippen LogP contribution is 2.38. The summed E-state index contributed by atoms with van der Waals surface area (Å²) >= 11 is 0. The van der Waals surface area contributed by atoms with Crippen LogP contribution in [-0.4, -0.2) is 36.1 Å². The van der Waals surface area contributed by atoms with Crippen LogP contribution in [-0.2, 0) is 4.79 Å². The predicted octanol–water partition coefficient (Wildman–Crippen LogP) is 3.75. The van der Waals surface area contributed by atoms with E-state index in [0.717, 1.165) is 25.8 Å². The standard InChI is InChI=1S/C17H33NO2/c1-3-4-5-6-7-8-11-16(20)18(2)14-17(15-19)12-9-10-13-17/h19H,3-15H2,1-2H3. The van der Waals surface area contributed by atoms with Crippen molar-refractivity contribution in [2.75, 3.05) is 20.2 Å². The Hall–Kier alpha value is -0.570. The molecule has 0 radical (unpaired) electrons. The molecule has 0 unspecified atom stereocenters. The Labute approximate surface area is 124 Å². The van der Waals surface area contributed by atoms with Crippen LogP contribution in [0.25, 0.3) is 0 Å². The first kappa shape index (κ1) is 17.5. The SMILES string of the molecule is CCCCCCCCC(=O)N(C)CC1(CO)CCCC1. The van der Waals surface area contributed by atoms with Crippen molar-refractivity contribution in [3.8, 4) is 0 Å². The van der Waals surface area contributed by atoms with Gasteiger partial charge in [0.1, 0.15) is 0 Å². The fourth-order valence-electron chi connectivity index (χ4n) is 3.33. The van der Waals surface area contributed by atoms with Gasteiger partial charge in [-0.1, -0.05) is 51.9 Å². The van der Waals surface area contributed by atoms with Crippen LogP contribution in [0.4, 0.5) is 0 Å². The molecule has 0 aromatic carbocycles. The van der Waals surface area contributed by atoms with Crippen LogP contribution in [0.3, 0.4) is 0 Å². The summed E-state index contributed by atoms with van der Waals surface area (Å²) in [7, 11) is 1.90. The second kappa shape index (κ2) is 9.38. The van der Waals surface area contributed by atoms with Crippen molar-refractivity contribution in [1.29, 1.82) is 0 Å². The first-order valence-electron chi connectivity index (χ1n) is 8.48. The summed E-state index contributed by atoms with van der Waals surface area (Å²) in [5, 5.41) is 9.61. The maximum absolute atomic E-state index is 12.1. The lowest BCUT2D eigenvalue weighted by Gasteiger charge is -2.31. The quantitative estimate of drug-likeness (QED) is 0.620. The lowest BCUT2D eigenvalue weighted by Crippen LogP contribution is -2.39. The highest BCUT2D eigenvalue weighted by molar-refractivity contribution is 5.75. The summed E-state index contributed by atoms with van der Waals surface area (Å²) in [6.45, 7) is 3.18. The van der Waals surface area contributed by atoms with E-state index in [1.54, 1.807) is 0 Å². The number of unbranched alkanes of at least 4 members (excludes halogenated alkanes) is 5. The van der Waals surface area contributed by atoms with Gasteiger partial charge in [-0.2, -0.15) is 0 Å². The zero-order chi connectivity index (χ0) is 14.8. The molecule has 20 heavy (non-hydrogen) atoms. The molecular weight excluding hydrogens is 250 g/mol. The van der Waals surface area contributed by atoms with Crippen molar-refractivity contribution in [3.63, 3.8) is 0 Å². The molecular formula is C17H33NO2. The topological polar surface area (TPSA) is 40.5 Å². The van der Waals surface area contributed by atoms with Gasteiger partial charge in [-0.15, -0.1) is 0 Å². The Morgan fingerprint density at radius 2 is 1.70 bits per heavy atom. The highest BCUT2D eigenvalue weighted by atomic mass is 16.3. The first-order chi connectivity index (χ1) is 9.63. The van der Waals surface area contributed by atoms with E-state index in [1.807, 2.05) is 11.9 Å². The number of rotatable bonds is 10. The van der Waals surface area contributed by atoms with E-state index >= 15 is 0 Å². The zero-order valence-electron chi connectivity index (χ0n) is 13.5. The molecule has 3 nitrogen and oxygen atoms in total. The third-order valence-electron chi connectivity index (χ3n) is 4.74. The fourth-order valence-corrected chi connectivity index (χ4v) is 3.33. The molecule has 1 rings (SSSR count). The normalized spacial score (nSPS) is 17.4. The predicted molar refractivity (Wildman–Crippen MR) is 83.6 cm³/mol. The third-order valence-corrected chi connectivity index (χ3v) is 4.74. The van der Waals surface area contributed by atoms with Gasteiger partial charge in [0.25, 0.3) is 0 Å². The molecule has 0 atom stereocenters. The number of aliphatic hydroxyl groups is 1. The molecule has 1 aliphatic carbocycles. The molecule has 0 saturated heterocycles. The van der Waals surface area contributed by atoms with E-state index in [2.05, 4.69) is 6.92 Å². The highest BCUT2D eigenvalue weighted by Gasteiger charge is 2.35. The smallest absolute Gasteiger partial charge is 0.222 e. The largest absolute Gasteiger partial charge is 0.396 e. The van der Waals surface area contributed by atoms with Crippen LogP contribution < -0.4 is 0 Å². The number of hydrogen-bond donors (Lipinski definition) is 1. The maximum Gasteiger partial charge on any atom is 0.222 e. The number of hydrogen-bond acceptors (Lipinski definition) is 2. The van der Waals surface area contributed by atoms with Gasteiger partial charge < -0.3 is 10.0 Å². The maximum atomic E-state index is 12.1. The van der Waals surface area contributed by atoms with Crippen molar-refractivity contribution in [3.05, 3.63) is 0 Å². The Kier molecular flexibility index (Phi) is 8.20. The summed E-state index contributed by atoms with van der Waals surface area (Å²) in [4.78, 5) is 14.0. The van der Waals surface area contributed by atoms with Gasteiger partial charge in [0, 0.05) is 25.4 Å². The van der Waals surface area contributed by atoms with Gasteiger partial charge in [-0.05, 0) is 19.3 Å². The third kappa shape index (κ3) is 5.82. The minimum Gasteiger partial charge on any atom is -0.396 e. The molecule has 0 spiro atoms. The van der Waals surface area contributed by atoms with Crippen LogP contribution in [0.5, 0.6) is 0 Å². The minimum absolute atomic E-state index is 0.00840. The summed E-state index contributed by atoms with van der Waals surface area (Å²) in [6, 6.07) is 0. The summed E-state index contributed by atoms with van der Waals surface area (Å²) in [6.07, 6.45) is 12.5. The van der Waals surface area contributed by atoms with Gasteiger partial charge in [0.05, 0.1) is 6.61 Å². The molecule has 0 aliphatic heterocycles. The molecule has 1 amide bonds. The Morgan fingerprint density at radius 3 is 2.30 bits per heavy atom. The molecule has 1 fully saturated rings. The van der Waals surface area contributed by atoms with Crippen LogP contribution in [0.15, 0.2) is 0 Å². The number of nitrogens with zero attached hydrogens (tertiary/aromatic N) is 1. The minimum atomic E-state index is -0.00840. The molecule has 1 aliphatic rings. The van der Waals surface area contributed by atoms with Gasteiger partial charge in [-0.3, -0.25) is 4.79 Å².